The smallest absolute Gasteiger partial charge is 0.128 e. The zero-order valence-corrected chi connectivity index (χ0v) is 11.2. The molecule has 2 nitrogen and oxygen atoms in total. The zero-order valence-electron chi connectivity index (χ0n) is 11.2. The SMILES string of the molecule is Cc1cccc(OCC(N)c2ccccc2F)c1C. The third-order valence-corrected chi connectivity index (χ3v) is 3.28. The molecule has 2 aromatic carbocycles. The van der Waals surface area contributed by atoms with Crippen molar-refractivity contribution in [3.05, 3.63) is 65.0 Å². The van der Waals surface area contributed by atoms with Gasteiger partial charge in [0.05, 0.1) is 6.04 Å². The van der Waals surface area contributed by atoms with E-state index in [1.165, 1.54) is 6.07 Å². The van der Waals surface area contributed by atoms with Gasteiger partial charge in [-0.15, -0.1) is 0 Å². The van der Waals surface area contributed by atoms with E-state index in [0.29, 0.717) is 5.56 Å². The number of nitrogens with two attached hydrogens (primary N) is 1. The van der Waals surface area contributed by atoms with Crippen molar-refractivity contribution in [1.82, 2.24) is 0 Å². The van der Waals surface area contributed by atoms with Crippen LogP contribution in [0.15, 0.2) is 42.5 Å². The first-order chi connectivity index (χ1) is 9.09. The van der Waals surface area contributed by atoms with Crippen LogP contribution in [0.4, 0.5) is 4.39 Å². The number of ether oxygens (including phenoxy) is 1. The molecule has 0 aliphatic carbocycles. The molecule has 1 atom stereocenters. The monoisotopic (exact) mass is 259 g/mol. The van der Waals surface area contributed by atoms with Gasteiger partial charge in [0.2, 0.25) is 0 Å². The van der Waals surface area contributed by atoms with Crippen molar-refractivity contribution in [2.24, 2.45) is 5.73 Å². The van der Waals surface area contributed by atoms with Gasteiger partial charge >= 0.3 is 0 Å². The van der Waals surface area contributed by atoms with Crippen LogP contribution < -0.4 is 10.5 Å². The highest BCUT2D eigenvalue weighted by Gasteiger charge is 2.12. The molecule has 0 radical (unpaired) electrons. The van der Waals surface area contributed by atoms with E-state index in [1.807, 2.05) is 32.0 Å². The molecular weight excluding hydrogens is 241 g/mol. The predicted octanol–water partition coefficient (Wildman–Crippen LogP) is 3.52. The molecular formula is C16H18FNO. The quantitative estimate of drug-likeness (QED) is 0.911. The number of hydrogen-bond donors (Lipinski definition) is 1. The van der Waals surface area contributed by atoms with Crippen LogP contribution in [0, 0.1) is 19.7 Å². The van der Waals surface area contributed by atoms with E-state index in [4.69, 9.17) is 10.5 Å². The molecule has 0 saturated carbocycles. The molecule has 0 aliphatic heterocycles. The molecule has 0 heterocycles. The van der Waals surface area contributed by atoms with E-state index in [9.17, 15) is 4.39 Å². The van der Waals surface area contributed by atoms with Crippen molar-refractivity contribution in [2.45, 2.75) is 19.9 Å². The average molecular weight is 259 g/mol. The number of halogens is 1. The lowest BCUT2D eigenvalue weighted by Gasteiger charge is -2.16. The van der Waals surface area contributed by atoms with Crippen LogP contribution in [0.25, 0.3) is 0 Å². The van der Waals surface area contributed by atoms with Gasteiger partial charge in [-0.2, -0.15) is 0 Å². The van der Waals surface area contributed by atoms with E-state index >= 15 is 0 Å². The lowest BCUT2D eigenvalue weighted by Crippen LogP contribution is -2.20. The molecule has 0 bridgehead atoms. The molecule has 1 unspecified atom stereocenters. The van der Waals surface area contributed by atoms with Crippen LogP contribution in [0.3, 0.4) is 0 Å². The largest absolute Gasteiger partial charge is 0.491 e. The van der Waals surface area contributed by atoms with Crippen LogP contribution in [0.5, 0.6) is 5.75 Å². The van der Waals surface area contributed by atoms with Gasteiger partial charge < -0.3 is 10.5 Å². The van der Waals surface area contributed by atoms with Crippen molar-refractivity contribution in [1.29, 1.82) is 0 Å². The van der Waals surface area contributed by atoms with Crippen LogP contribution in [0.2, 0.25) is 0 Å². The number of benzene rings is 2. The fraction of sp³-hybridized carbons (Fsp3) is 0.250. The van der Waals surface area contributed by atoms with E-state index in [-0.39, 0.29) is 12.4 Å². The summed E-state index contributed by atoms with van der Waals surface area (Å²) in [5, 5.41) is 0. The minimum atomic E-state index is -0.471. The summed E-state index contributed by atoms with van der Waals surface area (Å²) < 4.78 is 19.3. The highest BCUT2D eigenvalue weighted by Crippen LogP contribution is 2.22. The number of hydrogen-bond acceptors (Lipinski definition) is 2. The minimum Gasteiger partial charge on any atom is -0.491 e. The summed E-state index contributed by atoms with van der Waals surface area (Å²) in [6.45, 7) is 4.28. The highest BCUT2D eigenvalue weighted by molar-refractivity contribution is 5.38. The molecule has 0 aliphatic rings. The van der Waals surface area contributed by atoms with Crippen molar-refractivity contribution < 1.29 is 9.13 Å². The third-order valence-electron chi connectivity index (χ3n) is 3.28. The standard InChI is InChI=1S/C16H18FNO/c1-11-6-5-9-16(12(11)2)19-10-15(18)13-7-3-4-8-14(13)17/h3-9,15H,10,18H2,1-2H3. The Balaban J connectivity index is 2.07. The second kappa shape index (κ2) is 5.85. The second-order valence-electron chi connectivity index (χ2n) is 4.64. The van der Waals surface area contributed by atoms with Gasteiger partial charge in [-0.3, -0.25) is 0 Å². The molecule has 19 heavy (non-hydrogen) atoms. The van der Waals surface area contributed by atoms with Gasteiger partial charge in [0, 0.05) is 5.56 Å². The molecule has 2 N–H and O–H groups in total. The Hall–Kier alpha value is -1.87. The Labute approximate surface area is 113 Å². The third kappa shape index (κ3) is 3.12. The van der Waals surface area contributed by atoms with Gasteiger partial charge in [-0.1, -0.05) is 30.3 Å². The van der Waals surface area contributed by atoms with Crippen LogP contribution in [-0.4, -0.2) is 6.61 Å². The average Bonchev–Trinajstić information content (AvgIpc) is 2.40. The molecule has 0 fully saturated rings. The summed E-state index contributed by atoms with van der Waals surface area (Å²) in [5.41, 5.74) is 8.70. The normalized spacial score (nSPS) is 12.2. The Morgan fingerprint density at radius 1 is 1.11 bits per heavy atom. The first kappa shape index (κ1) is 13.6. The molecule has 2 rings (SSSR count). The van der Waals surface area contributed by atoms with Crippen molar-refractivity contribution >= 4 is 0 Å². The van der Waals surface area contributed by atoms with Crippen LogP contribution in [-0.2, 0) is 0 Å². The summed E-state index contributed by atoms with van der Waals surface area (Å²) in [7, 11) is 0. The molecule has 100 valence electrons. The zero-order chi connectivity index (χ0) is 13.8. The van der Waals surface area contributed by atoms with Gasteiger partial charge in [0.25, 0.3) is 0 Å². The highest BCUT2D eigenvalue weighted by atomic mass is 19.1. The van der Waals surface area contributed by atoms with Crippen LogP contribution >= 0.6 is 0 Å². The van der Waals surface area contributed by atoms with E-state index in [0.717, 1.165) is 16.9 Å². The summed E-state index contributed by atoms with van der Waals surface area (Å²) in [6.07, 6.45) is 0. The summed E-state index contributed by atoms with van der Waals surface area (Å²) >= 11 is 0. The molecule has 0 aromatic heterocycles. The molecule has 0 saturated heterocycles. The van der Waals surface area contributed by atoms with E-state index < -0.39 is 6.04 Å². The first-order valence-electron chi connectivity index (χ1n) is 6.28. The fourth-order valence-corrected chi connectivity index (χ4v) is 1.93. The second-order valence-corrected chi connectivity index (χ2v) is 4.64. The Bertz CT molecular complexity index is 568. The molecule has 2 aromatic rings. The summed E-state index contributed by atoms with van der Waals surface area (Å²) in [4.78, 5) is 0. The lowest BCUT2D eigenvalue weighted by atomic mass is 10.1. The van der Waals surface area contributed by atoms with E-state index in [1.54, 1.807) is 18.2 Å². The Morgan fingerprint density at radius 2 is 1.84 bits per heavy atom. The van der Waals surface area contributed by atoms with Crippen molar-refractivity contribution in [3.63, 3.8) is 0 Å². The first-order valence-corrected chi connectivity index (χ1v) is 6.28. The lowest BCUT2D eigenvalue weighted by molar-refractivity contribution is 0.286. The van der Waals surface area contributed by atoms with E-state index in [2.05, 4.69) is 0 Å². The maximum atomic E-state index is 13.6. The van der Waals surface area contributed by atoms with Gasteiger partial charge in [0.1, 0.15) is 18.2 Å². The Morgan fingerprint density at radius 3 is 2.58 bits per heavy atom. The van der Waals surface area contributed by atoms with Gasteiger partial charge in [0.15, 0.2) is 0 Å². The van der Waals surface area contributed by atoms with Crippen molar-refractivity contribution in [3.8, 4) is 5.75 Å². The van der Waals surface area contributed by atoms with Gasteiger partial charge in [-0.05, 0) is 37.1 Å². The predicted molar refractivity (Wildman–Crippen MR) is 74.7 cm³/mol. The van der Waals surface area contributed by atoms with Crippen molar-refractivity contribution in [2.75, 3.05) is 6.61 Å². The minimum absolute atomic E-state index is 0.255. The fourth-order valence-electron chi connectivity index (χ4n) is 1.93. The number of rotatable bonds is 4. The van der Waals surface area contributed by atoms with Crippen LogP contribution in [0.1, 0.15) is 22.7 Å². The molecule has 3 heteroatoms. The maximum absolute atomic E-state index is 13.6. The summed E-state index contributed by atoms with van der Waals surface area (Å²) in [6, 6.07) is 11.9. The molecule has 0 spiro atoms. The summed E-state index contributed by atoms with van der Waals surface area (Å²) in [5.74, 6) is 0.506. The molecule has 0 amide bonds. The number of aryl methyl sites for hydroxylation is 1. The maximum Gasteiger partial charge on any atom is 0.128 e. The van der Waals surface area contributed by atoms with Gasteiger partial charge in [-0.25, -0.2) is 4.39 Å². The topological polar surface area (TPSA) is 35.2 Å². The Kier molecular flexibility index (Phi) is 4.17.